The fourth-order valence-electron chi connectivity index (χ4n) is 3.12. The molecule has 0 bridgehead atoms. The molecule has 0 aromatic heterocycles. The third-order valence-corrected chi connectivity index (χ3v) is 4.24. The predicted molar refractivity (Wildman–Crippen MR) is 79.5 cm³/mol. The Hall–Kier alpha value is -1.26. The van der Waals surface area contributed by atoms with E-state index in [4.69, 9.17) is 9.47 Å². The molecule has 4 heteroatoms. The second kappa shape index (κ2) is 6.46. The lowest BCUT2D eigenvalue weighted by molar-refractivity contribution is 0.0415. The van der Waals surface area contributed by atoms with Gasteiger partial charge in [-0.1, -0.05) is 19.1 Å². The van der Waals surface area contributed by atoms with E-state index in [1.165, 1.54) is 12.8 Å². The molecule has 1 unspecified atom stereocenters. The van der Waals surface area contributed by atoms with Crippen molar-refractivity contribution in [3.8, 4) is 11.5 Å². The van der Waals surface area contributed by atoms with Gasteiger partial charge in [0.25, 0.3) is 0 Å². The summed E-state index contributed by atoms with van der Waals surface area (Å²) in [5, 5.41) is 3.43. The molecule has 1 N–H and O–H groups in total. The molecule has 20 heavy (non-hydrogen) atoms. The average Bonchev–Trinajstić information content (AvgIpc) is 2.53. The summed E-state index contributed by atoms with van der Waals surface area (Å²) < 4.78 is 11.9. The van der Waals surface area contributed by atoms with Crippen LogP contribution in [-0.4, -0.2) is 49.8 Å². The summed E-state index contributed by atoms with van der Waals surface area (Å²) in [6.45, 7) is 7.18. The first-order valence-electron chi connectivity index (χ1n) is 7.70. The Morgan fingerprint density at radius 1 is 1.20 bits per heavy atom. The van der Waals surface area contributed by atoms with E-state index in [9.17, 15) is 0 Å². The maximum absolute atomic E-state index is 6.07. The fraction of sp³-hybridized carbons (Fsp3) is 0.625. The predicted octanol–water partition coefficient (Wildman–Crippen LogP) is 1.90. The van der Waals surface area contributed by atoms with Crippen LogP contribution in [0.15, 0.2) is 24.3 Å². The highest BCUT2D eigenvalue weighted by atomic mass is 16.6. The lowest BCUT2D eigenvalue weighted by Gasteiger charge is -2.37. The summed E-state index contributed by atoms with van der Waals surface area (Å²) in [4.78, 5) is 2.54. The summed E-state index contributed by atoms with van der Waals surface area (Å²) in [5.74, 6) is 1.75. The van der Waals surface area contributed by atoms with Gasteiger partial charge in [0, 0.05) is 12.6 Å². The van der Waals surface area contributed by atoms with Crippen molar-refractivity contribution in [3.63, 3.8) is 0 Å². The van der Waals surface area contributed by atoms with E-state index in [-0.39, 0.29) is 6.10 Å². The number of para-hydroxylation sites is 2. The summed E-state index contributed by atoms with van der Waals surface area (Å²) in [7, 11) is 0. The summed E-state index contributed by atoms with van der Waals surface area (Å²) in [6.07, 6.45) is 2.61. The third-order valence-electron chi connectivity index (χ3n) is 4.24. The molecule has 0 amide bonds. The van der Waals surface area contributed by atoms with E-state index >= 15 is 0 Å². The molecule has 2 aliphatic rings. The van der Waals surface area contributed by atoms with E-state index in [0.717, 1.165) is 37.7 Å². The molecule has 1 saturated heterocycles. The largest absolute Gasteiger partial charge is 0.486 e. The number of fused-ring (bicyclic) bond motifs is 1. The fourth-order valence-corrected chi connectivity index (χ4v) is 3.12. The van der Waals surface area contributed by atoms with Crippen LogP contribution in [0, 0.1) is 0 Å². The second-order valence-electron chi connectivity index (χ2n) is 5.57. The molecular formula is C16H24N2O2. The first-order valence-corrected chi connectivity index (χ1v) is 7.70. The Labute approximate surface area is 121 Å². The molecule has 4 nitrogen and oxygen atoms in total. The molecule has 1 aromatic rings. The maximum Gasteiger partial charge on any atom is 0.161 e. The molecule has 0 spiro atoms. The molecule has 0 aliphatic carbocycles. The van der Waals surface area contributed by atoms with Gasteiger partial charge in [-0.15, -0.1) is 0 Å². The first-order chi connectivity index (χ1) is 9.86. The molecule has 110 valence electrons. The van der Waals surface area contributed by atoms with Crippen LogP contribution in [0.25, 0.3) is 0 Å². The van der Waals surface area contributed by atoms with E-state index in [2.05, 4.69) is 17.1 Å². The Kier molecular flexibility index (Phi) is 4.43. The number of nitrogens with one attached hydrogen (secondary N) is 1. The SMILES string of the molecule is CCN(CC1COc2ccccc2O1)C1CCNCC1. The molecular weight excluding hydrogens is 252 g/mol. The van der Waals surface area contributed by atoms with Crippen LogP contribution in [0.3, 0.4) is 0 Å². The van der Waals surface area contributed by atoms with Crippen LogP contribution in [-0.2, 0) is 0 Å². The lowest BCUT2D eigenvalue weighted by atomic mass is 10.0. The van der Waals surface area contributed by atoms with E-state index in [1.54, 1.807) is 0 Å². The topological polar surface area (TPSA) is 33.7 Å². The van der Waals surface area contributed by atoms with E-state index in [1.807, 2.05) is 24.3 Å². The van der Waals surface area contributed by atoms with Crippen LogP contribution in [0.1, 0.15) is 19.8 Å². The van der Waals surface area contributed by atoms with Crippen LogP contribution in [0.2, 0.25) is 0 Å². The van der Waals surface area contributed by atoms with Crippen molar-refractivity contribution < 1.29 is 9.47 Å². The van der Waals surface area contributed by atoms with E-state index in [0.29, 0.717) is 12.6 Å². The summed E-state index contributed by atoms with van der Waals surface area (Å²) in [5.41, 5.74) is 0. The molecule has 1 fully saturated rings. The van der Waals surface area contributed by atoms with Gasteiger partial charge in [0.1, 0.15) is 12.7 Å². The van der Waals surface area contributed by atoms with E-state index < -0.39 is 0 Å². The monoisotopic (exact) mass is 276 g/mol. The summed E-state index contributed by atoms with van der Waals surface area (Å²) >= 11 is 0. The van der Waals surface area contributed by atoms with Gasteiger partial charge in [-0.3, -0.25) is 4.90 Å². The highest BCUT2D eigenvalue weighted by Gasteiger charge is 2.26. The van der Waals surface area contributed by atoms with Crippen LogP contribution in [0.4, 0.5) is 0 Å². The zero-order valence-corrected chi connectivity index (χ0v) is 12.2. The lowest BCUT2D eigenvalue weighted by Crippen LogP contribution is -2.48. The van der Waals surface area contributed by atoms with Gasteiger partial charge < -0.3 is 14.8 Å². The number of ether oxygens (including phenoxy) is 2. The van der Waals surface area contributed by atoms with Crippen molar-refractivity contribution in [1.29, 1.82) is 0 Å². The number of rotatable bonds is 4. The van der Waals surface area contributed by atoms with Gasteiger partial charge in [-0.05, 0) is 44.6 Å². The molecule has 1 aromatic carbocycles. The van der Waals surface area contributed by atoms with Crippen molar-refractivity contribution in [2.75, 3.05) is 32.8 Å². The minimum atomic E-state index is 0.139. The zero-order valence-electron chi connectivity index (χ0n) is 12.2. The Bertz CT molecular complexity index is 432. The van der Waals surface area contributed by atoms with Crippen LogP contribution >= 0.6 is 0 Å². The molecule has 2 aliphatic heterocycles. The number of benzene rings is 1. The van der Waals surface area contributed by atoms with Crippen LogP contribution in [0.5, 0.6) is 11.5 Å². The molecule has 0 saturated carbocycles. The first kappa shape index (κ1) is 13.7. The van der Waals surface area contributed by atoms with Crippen molar-refractivity contribution in [1.82, 2.24) is 10.2 Å². The minimum Gasteiger partial charge on any atom is -0.486 e. The minimum absolute atomic E-state index is 0.139. The van der Waals surface area contributed by atoms with Crippen molar-refractivity contribution in [3.05, 3.63) is 24.3 Å². The van der Waals surface area contributed by atoms with Gasteiger partial charge in [0.05, 0.1) is 0 Å². The normalized spacial score (nSPS) is 23.0. The van der Waals surface area contributed by atoms with Gasteiger partial charge in [0.2, 0.25) is 0 Å². The highest BCUT2D eigenvalue weighted by molar-refractivity contribution is 5.40. The number of piperidine rings is 1. The van der Waals surface area contributed by atoms with Crippen molar-refractivity contribution in [2.24, 2.45) is 0 Å². The standard InChI is InChI=1S/C16H24N2O2/c1-2-18(13-7-9-17-10-8-13)11-14-12-19-15-5-3-4-6-16(15)20-14/h3-6,13-14,17H,2,7-12H2,1H3. The Morgan fingerprint density at radius 2 is 1.95 bits per heavy atom. The highest BCUT2D eigenvalue weighted by Crippen LogP contribution is 2.31. The van der Waals surface area contributed by atoms with Crippen LogP contribution < -0.4 is 14.8 Å². The van der Waals surface area contributed by atoms with Gasteiger partial charge in [-0.25, -0.2) is 0 Å². The van der Waals surface area contributed by atoms with Gasteiger partial charge in [-0.2, -0.15) is 0 Å². The average molecular weight is 276 g/mol. The Balaban J connectivity index is 1.60. The molecule has 0 radical (unpaired) electrons. The quantitative estimate of drug-likeness (QED) is 0.911. The molecule has 1 atom stereocenters. The number of likely N-dealkylation sites (N-methyl/N-ethyl adjacent to an activating group) is 1. The zero-order chi connectivity index (χ0) is 13.8. The van der Waals surface area contributed by atoms with Crippen molar-refractivity contribution >= 4 is 0 Å². The van der Waals surface area contributed by atoms with Gasteiger partial charge >= 0.3 is 0 Å². The number of nitrogens with zero attached hydrogens (tertiary/aromatic N) is 1. The van der Waals surface area contributed by atoms with Gasteiger partial charge in [0.15, 0.2) is 11.5 Å². The second-order valence-corrected chi connectivity index (χ2v) is 5.57. The molecule has 3 rings (SSSR count). The number of hydrogen-bond donors (Lipinski definition) is 1. The molecule has 2 heterocycles. The smallest absolute Gasteiger partial charge is 0.161 e. The van der Waals surface area contributed by atoms with Crippen molar-refractivity contribution in [2.45, 2.75) is 31.9 Å². The Morgan fingerprint density at radius 3 is 2.70 bits per heavy atom. The number of hydrogen-bond acceptors (Lipinski definition) is 4. The summed E-state index contributed by atoms with van der Waals surface area (Å²) in [6, 6.07) is 8.62. The maximum atomic E-state index is 6.07. The third kappa shape index (κ3) is 3.07.